The number of amidine groups is 1. The Hall–Kier alpha value is -2.74. The number of thiophene rings is 1. The van der Waals surface area contributed by atoms with Crippen molar-refractivity contribution in [1.29, 1.82) is 0 Å². The summed E-state index contributed by atoms with van der Waals surface area (Å²) in [4.78, 5) is 21.4. The molecule has 8 heteroatoms. The molecule has 26 heavy (non-hydrogen) atoms. The van der Waals surface area contributed by atoms with E-state index in [1.807, 2.05) is 41.1 Å². The zero-order chi connectivity index (χ0) is 18.4. The molecule has 1 aliphatic heterocycles. The molecule has 2 N–H and O–H groups in total. The van der Waals surface area contributed by atoms with Crippen molar-refractivity contribution in [3.8, 4) is 5.75 Å². The predicted molar refractivity (Wildman–Crippen MR) is 103 cm³/mol. The smallest absolute Gasteiger partial charge is 0.263 e. The number of rotatable bonds is 6. The number of hydrogen-bond acceptors (Lipinski definition) is 6. The molecule has 0 saturated carbocycles. The molecule has 0 atom stereocenters. The molecule has 1 aromatic heterocycles. The van der Waals surface area contributed by atoms with Gasteiger partial charge in [-0.3, -0.25) is 4.79 Å². The molecule has 1 saturated heterocycles. The van der Waals surface area contributed by atoms with E-state index in [-0.39, 0.29) is 18.3 Å². The number of carbonyl (C=O) groups excluding carboxylic acids is 1. The SMILES string of the molecule is COc1ccc(N2CCN(C(=O)CO/N=C(/N)c3ccsc3)CC2)cc1. The summed E-state index contributed by atoms with van der Waals surface area (Å²) < 4.78 is 5.18. The highest BCUT2D eigenvalue weighted by Gasteiger charge is 2.21. The molecule has 3 rings (SSSR count). The van der Waals surface area contributed by atoms with Gasteiger partial charge in [-0.2, -0.15) is 11.3 Å². The Morgan fingerprint density at radius 2 is 1.92 bits per heavy atom. The van der Waals surface area contributed by atoms with E-state index in [0.29, 0.717) is 13.1 Å². The van der Waals surface area contributed by atoms with E-state index in [9.17, 15) is 4.79 Å². The lowest BCUT2D eigenvalue weighted by atomic mass is 10.2. The van der Waals surface area contributed by atoms with Gasteiger partial charge >= 0.3 is 0 Å². The van der Waals surface area contributed by atoms with Gasteiger partial charge in [0, 0.05) is 42.8 Å². The van der Waals surface area contributed by atoms with E-state index in [4.69, 9.17) is 15.3 Å². The van der Waals surface area contributed by atoms with Crippen LogP contribution in [0, 0.1) is 0 Å². The number of carbonyl (C=O) groups is 1. The van der Waals surface area contributed by atoms with Crippen molar-refractivity contribution in [2.45, 2.75) is 0 Å². The molecule has 1 aliphatic rings. The van der Waals surface area contributed by atoms with Crippen molar-refractivity contribution in [1.82, 2.24) is 4.90 Å². The van der Waals surface area contributed by atoms with Crippen LogP contribution in [0.4, 0.5) is 5.69 Å². The van der Waals surface area contributed by atoms with Crippen LogP contribution in [0.5, 0.6) is 5.75 Å². The van der Waals surface area contributed by atoms with E-state index in [1.165, 1.54) is 11.3 Å². The maximum absolute atomic E-state index is 12.3. The molecular weight excluding hydrogens is 352 g/mol. The third kappa shape index (κ3) is 4.45. The number of nitrogens with zero attached hydrogens (tertiary/aromatic N) is 3. The molecular formula is C18H22N4O3S. The van der Waals surface area contributed by atoms with Crippen LogP contribution >= 0.6 is 11.3 Å². The summed E-state index contributed by atoms with van der Waals surface area (Å²) in [5.74, 6) is 1.03. The zero-order valence-corrected chi connectivity index (χ0v) is 15.4. The minimum absolute atomic E-state index is 0.0822. The van der Waals surface area contributed by atoms with E-state index in [2.05, 4.69) is 10.1 Å². The third-order valence-electron chi connectivity index (χ3n) is 4.24. The highest BCUT2D eigenvalue weighted by molar-refractivity contribution is 7.08. The number of methoxy groups -OCH3 is 1. The van der Waals surface area contributed by atoms with Gasteiger partial charge in [0.1, 0.15) is 5.75 Å². The standard InChI is InChI=1S/C18H22N4O3S/c1-24-16-4-2-15(3-5-16)21-7-9-22(10-8-21)17(23)12-25-20-18(19)14-6-11-26-13-14/h2-6,11,13H,7-10,12H2,1H3,(H2,19,20). The molecule has 0 bridgehead atoms. The molecule has 138 valence electrons. The van der Waals surface area contributed by atoms with Gasteiger partial charge < -0.3 is 25.1 Å². The Balaban J connectivity index is 1.45. The fraction of sp³-hybridized carbons (Fsp3) is 0.333. The van der Waals surface area contributed by atoms with Gasteiger partial charge in [0.05, 0.1) is 7.11 Å². The average molecular weight is 374 g/mol. The molecule has 2 aromatic rings. The summed E-state index contributed by atoms with van der Waals surface area (Å²) in [6.07, 6.45) is 0. The first-order chi connectivity index (χ1) is 12.7. The first-order valence-corrected chi connectivity index (χ1v) is 9.26. The quantitative estimate of drug-likeness (QED) is 0.473. The second-order valence-corrected chi connectivity index (χ2v) is 6.61. The first-order valence-electron chi connectivity index (χ1n) is 8.32. The Labute approximate surface area is 156 Å². The Bertz CT molecular complexity index is 738. The monoisotopic (exact) mass is 374 g/mol. The highest BCUT2D eigenvalue weighted by Crippen LogP contribution is 2.20. The van der Waals surface area contributed by atoms with E-state index < -0.39 is 0 Å². The second kappa shape index (κ2) is 8.57. The van der Waals surface area contributed by atoms with Gasteiger partial charge in [-0.1, -0.05) is 5.16 Å². The van der Waals surface area contributed by atoms with Crippen molar-refractivity contribution in [2.75, 3.05) is 44.8 Å². The lowest BCUT2D eigenvalue weighted by Gasteiger charge is -2.35. The Morgan fingerprint density at radius 1 is 1.19 bits per heavy atom. The summed E-state index contributed by atoms with van der Waals surface area (Å²) >= 11 is 1.53. The van der Waals surface area contributed by atoms with Crippen LogP contribution in [-0.2, 0) is 9.63 Å². The van der Waals surface area contributed by atoms with Crippen LogP contribution in [0.25, 0.3) is 0 Å². The molecule has 0 unspecified atom stereocenters. The summed E-state index contributed by atoms with van der Waals surface area (Å²) in [5, 5.41) is 7.60. The number of nitrogens with two attached hydrogens (primary N) is 1. The molecule has 1 amide bonds. The largest absolute Gasteiger partial charge is 0.497 e. The summed E-state index contributed by atoms with van der Waals surface area (Å²) in [7, 11) is 1.65. The highest BCUT2D eigenvalue weighted by atomic mass is 32.1. The number of piperazine rings is 1. The fourth-order valence-corrected chi connectivity index (χ4v) is 3.37. The van der Waals surface area contributed by atoms with Crippen LogP contribution < -0.4 is 15.4 Å². The van der Waals surface area contributed by atoms with E-state index >= 15 is 0 Å². The second-order valence-electron chi connectivity index (χ2n) is 5.83. The van der Waals surface area contributed by atoms with Gasteiger partial charge in [-0.05, 0) is 35.7 Å². The van der Waals surface area contributed by atoms with Crippen molar-refractivity contribution in [3.05, 3.63) is 46.7 Å². The van der Waals surface area contributed by atoms with Crippen molar-refractivity contribution >= 4 is 28.8 Å². The van der Waals surface area contributed by atoms with E-state index in [1.54, 1.807) is 12.0 Å². The van der Waals surface area contributed by atoms with Crippen LogP contribution in [0.2, 0.25) is 0 Å². The third-order valence-corrected chi connectivity index (χ3v) is 4.92. The maximum atomic E-state index is 12.3. The number of hydrogen-bond donors (Lipinski definition) is 1. The Kier molecular flexibility index (Phi) is 5.96. The summed E-state index contributed by atoms with van der Waals surface area (Å²) in [5.41, 5.74) is 7.73. The predicted octanol–water partition coefficient (Wildman–Crippen LogP) is 1.74. The molecule has 1 aromatic carbocycles. The number of ether oxygens (including phenoxy) is 1. The van der Waals surface area contributed by atoms with Gasteiger partial charge in [0.2, 0.25) is 0 Å². The number of amides is 1. The normalized spacial score (nSPS) is 15.0. The van der Waals surface area contributed by atoms with Crippen molar-refractivity contribution in [2.24, 2.45) is 10.9 Å². The van der Waals surface area contributed by atoms with Crippen LogP contribution in [0.3, 0.4) is 0 Å². The molecule has 7 nitrogen and oxygen atoms in total. The molecule has 0 radical (unpaired) electrons. The lowest BCUT2D eigenvalue weighted by molar-refractivity contribution is -0.136. The van der Waals surface area contributed by atoms with Gasteiger partial charge in [-0.25, -0.2) is 0 Å². The Morgan fingerprint density at radius 3 is 2.54 bits per heavy atom. The van der Waals surface area contributed by atoms with Crippen LogP contribution in [0.1, 0.15) is 5.56 Å². The van der Waals surface area contributed by atoms with Crippen molar-refractivity contribution in [3.63, 3.8) is 0 Å². The van der Waals surface area contributed by atoms with Crippen molar-refractivity contribution < 1.29 is 14.4 Å². The van der Waals surface area contributed by atoms with Crippen LogP contribution in [0.15, 0.2) is 46.2 Å². The van der Waals surface area contributed by atoms with Gasteiger partial charge in [0.15, 0.2) is 12.4 Å². The topological polar surface area (TPSA) is 80.4 Å². The number of anilines is 1. The minimum atomic E-state index is -0.104. The van der Waals surface area contributed by atoms with Gasteiger partial charge in [0.25, 0.3) is 5.91 Å². The zero-order valence-electron chi connectivity index (χ0n) is 14.6. The maximum Gasteiger partial charge on any atom is 0.263 e. The number of oxime groups is 1. The van der Waals surface area contributed by atoms with Crippen LogP contribution in [-0.4, -0.2) is 56.5 Å². The molecule has 0 spiro atoms. The average Bonchev–Trinajstić information content (AvgIpc) is 3.23. The first kappa shape index (κ1) is 18.1. The fourth-order valence-electron chi connectivity index (χ4n) is 2.72. The van der Waals surface area contributed by atoms with E-state index in [0.717, 1.165) is 30.1 Å². The molecule has 1 fully saturated rings. The number of benzene rings is 1. The summed E-state index contributed by atoms with van der Waals surface area (Å²) in [6, 6.07) is 9.79. The molecule has 2 heterocycles. The summed E-state index contributed by atoms with van der Waals surface area (Å²) in [6.45, 7) is 2.75. The van der Waals surface area contributed by atoms with Gasteiger partial charge in [-0.15, -0.1) is 0 Å². The lowest BCUT2D eigenvalue weighted by Crippen LogP contribution is -2.49. The molecule has 0 aliphatic carbocycles. The minimum Gasteiger partial charge on any atom is -0.497 e.